The Morgan fingerprint density at radius 1 is 1.50 bits per heavy atom. The molecule has 0 heterocycles. The van der Waals surface area contributed by atoms with Gasteiger partial charge in [-0.15, -0.1) is 0 Å². The van der Waals surface area contributed by atoms with Gasteiger partial charge in [0, 0.05) is 24.4 Å². The molecule has 0 saturated heterocycles. The van der Waals surface area contributed by atoms with Crippen molar-refractivity contribution >= 4 is 22.7 Å². The van der Waals surface area contributed by atoms with Crippen LogP contribution in [0.25, 0.3) is 0 Å². The van der Waals surface area contributed by atoms with E-state index in [0.717, 1.165) is 0 Å². The highest BCUT2D eigenvalue weighted by molar-refractivity contribution is 7.87. The molecule has 5 nitrogen and oxygen atoms in total. The first-order chi connectivity index (χ1) is 6.40. The van der Waals surface area contributed by atoms with Crippen molar-refractivity contribution in [2.75, 3.05) is 19.3 Å². The van der Waals surface area contributed by atoms with E-state index in [2.05, 4.69) is 0 Å². The minimum atomic E-state index is -1.64. The summed E-state index contributed by atoms with van der Waals surface area (Å²) in [6, 6.07) is 0. The number of carbonyl (C=O) groups is 2. The number of carboxylic acids is 1. The first-order valence-electron chi connectivity index (χ1n) is 4.24. The summed E-state index contributed by atoms with van der Waals surface area (Å²) in [6.45, 7) is 3.65. The van der Waals surface area contributed by atoms with E-state index in [1.54, 1.807) is 14.0 Å². The zero-order chi connectivity index (χ0) is 11.3. The topological polar surface area (TPSA) is 74.7 Å². The Morgan fingerprint density at radius 2 is 2.00 bits per heavy atom. The quantitative estimate of drug-likeness (QED) is 0.691. The van der Waals surface area contributed by atoms with Crippen molar-refractivity contribution in [3.8, 4) is 0 Å². The predicted octanol–water partition coefficient (Wildman–Crippen LogP) is -0.313. The van der Waals surface area contributed by atoms with Gasteiger partial charge in [-0.1, -0.05) is 0 Å². The first-order valence-corrected chi connectivity index (χ1v) is 5.62. The van der Waals surface area contributed by atoms with Crippen LogP contribution in [0.1, 0.15) is 13.8 Å². The average Bonchev–Trinajstić information content (AvgIpc) is 2.14. The summed E-state index contributed by atoms with van der Waals surface area (Å²) in [6.07, 6.45) is 0. The molecule has 0 radical (unpaired) electrons. The van der Waals surface area contributed by atoms with Gasteiger partial charge in [0.2, 0.25) is 5.91 Å². The number of amides is 1. The third-order valence-corrected chi connectivity index (χ3v) is 3.43. The molecule has 0 fully saturated rings. The Morgan fingerprint density at radius 3 is 2.36 bits per heavy atom. The summed E-state index contributed by atoms with van der Waals surface area (Å²) in [5, 5.41) is 7.55. The second kappa shape index (κ2) is 5.74. The Labute approximate surface area is 85.5 Å². The first kappa shape index (κ1) is 13.1. The summed E-state index contributed by atoms with van der Waals surface area (Å²) in [5.74, 6) is -1.66. The molecular formula is C8H15NO4S. The summed E-state index contributed by atoms with van der Waals surface area (Å²) >= 11 is 0. The molecule has 0 aliphatic heterocycles. The van der Waals surface area contributed by atoms with Crippen LogP contribution < -0.4 is 0 Å². The van der Waals surface area contributed by atoms with E-state index in [1.165, 1.54) is 11.8 Å². The molecule has 2 atom stereocenters. The molecule has 0 aromatic heterocycles. The highest BCUT2D eigenvalue weighted by atomic mass is 32.2. The van der Waals surface area contributed by atoms with E-state index in [0.29, 0.717) is 6.54 Å². The Balaban J connectivity index is 4.19. The van der Waals surface area contributed by atoms with E-state index in [1.807, 2.05) is 0 Å². The van der Waals surface area contributed by atoms with E-state index >= 15 is 0 Å². The smallest absolute Gasteiger partial charge is 0.318 e. The SMILES string of the molecule is CCN(C)C(=O)CS(=O)C(C)C(=O)O. The van der Waals surface area contributed by atoms with Crippen LogP contribution in [0.4, 0.5) is 0 Å². The molecule has 2 unspecified atom stereocenters. The maximum Gasteiger partial charge on any atom is 0.318 e. The van der Waals surface area contributed by atoms with E-state index in [-0.39, 0.29) is 11.7 Å². The van der Waals surface area contributed by atoms with Crippen molar-refractivity contribution in [2.24, 2.45) is 0 Å². The molecule has 0 aliphatic carbocycles. The molecular weight excluding hydrogens is 206 g/mol. The Kier molecular flexibility index (Phi) is 5.37. The molecule has 0 saturated carbocycles. The maximum atomic E-state index is 11.3. The molecule has 1 amide bonds. The molecule has 0 spiro atoms. The van der Waals surface area contributed by atoms with Crippen LogP contribution in [0.15, 0.2) is 0 Å². The maximum absolute atomic E-state index is 11.3. The van der Waals surface area contributed by atoms with Gasteiger partial charge in [-0.2, -0.15) is 0 Å². The van der Waals surface area contributed by atoms with E-state index in [4.69, 9.17) is 5.11 Å². The average molecular weight is 221 g/mol. The Hall–Kier alpha value is -0.910. The van der Waals surface area contributed by atoms with Crippen molar-refractivity contribution in [1.29, 1.82) is 0 Å². The third kappa shape index (κ3) is 3.87. The molecule has 0 bridgehead atoms. The lowest BCUT2D eigenvalue weighted by atomic mass is 10.5. The van der Waals surface area contributed by atoms with Gasteiger partial charge in [0.1, 0.15) is 11.0 Å². The fourth-order valence-corrected chi connectivity index (χ4v) is 1.58. The van der Waals surface area contributed by atoms with Crippen molar-refractivity contribution in [3.63, 3.8) is 0 Å². The third-order valence-electron chi connectivity index (χ3n) is 1.91. The van der Waals surface area contributed by atoms with Crippen molar-refractivity contribution in [3.05, 3.63) is 0 Å². The number of carbonyl (C=O) groups excluding carboxylic acids is 1. The zero-order valence-electron chi connectivity index (χ0n) is 8.52. The van der Waals surface area contributed by atoms with E-state index in [9.17, 15) is 13.8 Å². The van der Waals surface area contributed by atoms with Gasteiger partial charge < -0.3 is 10.0 Å². The minimum absolute atomic E-state index is 0.224. The van der Waals surface area contributed by atoms with Gasteiger partial charge in [0.25, 0.3) is 0 Å². The van der Waals surface area contributed by atoms with Gasteiger partial charge >= 0.3 is 5.97 Å². The number of hydrogen-bond donors (Lipinski definition) is 1. The number of rotatable bonds is 5. The fraction of sp³-hybridized carbons (Fsp3) is 0.750. The van der Waals surface area contributed by atoms with Crippen LogP contribution in [0, 0.1) is 0 Å². The summed E-state index contributed by atoms with van der Waals surface area (Å²) in [7, 11) is -0.0496. The number of hydrogen-bond acceptors (Lipinski definition) is 3. The highest BCUT2D eigenvalue weighted by Gasteiger charge is 2.22. The van der Waals surface area contributed by atoms with Gasteiger partial charge in [-0.05, 0) is 13.8 Å². The van der Waals surface area contributed by atoms with Crippen LogP contribution in [-0.4, -0.2) is 50.7 Å². The largest absolute Gasteiger partial charge is 0.480 e. The standard InChI is InChI=1S/C8H15NO4S/c1-4-9(3)7(10)5-14(13)6(2)8(11)12/h6H,4-5H2,1-3H3,(H,11,12). The zero-order valence-corrected chi connectivity index (χ0v) is 9.34. The molecule has 6 heteroatoms. The number of aliphatic carboxylic acids is 1. The van der Waals surface area contributed by atoms with Gasteiger partial charge in [0.05, 0.1) is 0 Å². The van der Waals surface area contributed by atoms with Crippen LogP contribution >= 0.6 is 0 Å². The lowest BCUT2D eigenvalue weighted by Crippen LogP contribution is -2.34. The van der Waals surface area contributed by atoms with Crippen molar-refractivity contribution in [2.45, 2.75) is 19.1 Å². The fourth-order valence-electron chi connectivity index (χ4n) is 0.646. The predicted molar refractivity (Wildman–Crippen MR) is 53.4 cm³/mol. The molecule has 0 aromatic rings. The molecule has 1 N–H and O–H groups in total. The Bertz CT molecular complexity index is 254. The van der Waals surface area contributed by atoms with Crippen molar-refractivity contribution in [1.82, 2.24) is 4.90 Å². The lowest BCUT2D eigenvalue weighted by Gasteiger charge is -2.14. The van der Waals surface area contributed by atoms with Crippen LogP contribution in [0.2, 0.25) is 0 Å². The van der Waals surface area contributed by atoms with Crippen LogP contribution in [0.3, 0.4) is 0 Å². The number of nitrogens with zero attached hydrogens (tertiary/aromatic N) is 1. The minimum Gasteiger partial charge on any atom is -0.480 e. The summed E-state index contributed by atoms with van der Waals surface area (Å²) in [5.41, 5.74) is 0. The van der Waals surface area contributed by atoms with Gasteiger partial charge in [-0.25, -0.2) is 0 Å². The molecule has 0 aromatic carbocycles. The van der Waals surface area contributed by atoms with Gasteiger partial charge in [-0.3, -0.25) is 13.8 Å². The normalized spacial score (nSPS) is 14.5. The summed E-state index contributed by atoms with van der Waals surface area (Å²) in [4.78, 5) is 23.1. The van der Waals surface area contributed by atoms with E-state index < -0.39 is 22.0 Å². The lowest BCUT2D eigenvalue weighted by molar-refractivity contribution is -0.136. The summed E-state index contributed by atoms with van der Waals surface area (Å²) < 4.78 is 11.3. The number of carboxylic acid groups (broad SMARTS) is 1. The second-order valence-corrected chi connectivity index (χ2v) is 4.67. The van der Waals surface area contributed by atoms with Crippen LogP contribution in [0.5, 0.6) is 0 Å². The monoisotopic (exact) mass is 221 g/mol. The molecule has 0 aliphatic rings. The molecule has 82 valence electrons. The van der Waals surface area contributed by atoms with Gasteiger partial charge in [0.15, 0.2) is 0 Å². The highest BCUT2D eigenvalue weighted by Crippen LogP contribution is 1.98. The second-order valence-electron chi connectivity index (χ2n) is 2.91. The molecule has 0 rings (SSSR count). The van der Waals surface area contributed by atoms with Crippen LogP contribution in [-0.2, 0) is 20.4 Å². The van der Waals surface area contributed by atoms with Crippen molar-refractivity contribution < 1.29 is 18.9 Å². The molecule has 14 heavy (non-hydrogen) atoms.